The highest BCUT2D eigenvalue weighted by Crippen LogP contribution is 2.47. The van der Waals surface area contributed by atoms with Crippen molar-refractivity contribution < 1.29 is 19.0 Å². The van der Waals surface area contributed by atoms with Crippen LogP contribution in [0, 0.1) is 0 Å². The van der Waals surface area contributed by atoms with Crippen molar-refractivity contribution in [3.8, 4) is 0 Å². The fourth-order valence-electron chi connectivity index (χ4n) is 3.02. The van der Waals surface area contributed by atoms with Gasteiger partial charge in [0.1, 0.15) is 11.5 Å². The average molecular weight is 342 g/mol. The van der Waals surface area contributed by atoms with Crippen molar-refractivity contribution in [3.63, 3.8) is 0 Å². The van der Waals surface area contributed by atoms with E-state index in [1.54, 1.807) is 11.8 Å². The molecule has 2 aliphatic rings. The van der Waals surface area contributed by atoms with Gasteiger partial charge in [-0.3, -0.25) is 0 Å². The molecule has 0 unspecified atom stereocenters. The highest BCUT2D eigenvalue weighted by molar-refractivity contribution is 7.99. The van der Waals surface area contributed by atoms with Crippen molar-refractivity contribution in [2.45, 2.75) is 35.1 Å². The topological polar surface area (TPSA) is 44.8 Å². The molecule has 0 radical (unpaired) electrons. The normalized spacial score (nSPS) is 28.1. The number of benzene rings is 2. The lowest BCUT2D eigenvalue weighted by molar-refractivity contribution is -0.230. The molecule has 0 N–H and O–H groups in total. The van der Waals surface area contributed by atoms with Gasteiger partial charge < -0.3 is 14.2 Å². The van der Waals surface area contributed by atoms with E-state index in [0.717, 1.165) is 10.5 Å². The maximum atomic E-state index is 12.0. The predicted octanol–water partition coefficient (Wildman–Crippen LogP) is 3.41. The van der Waals surface area contributed by atoms with E-state index < -0.39 is 5.60 Å². The van der Waals surface area contributed by atoms with Gasteiger partial charge in [0.2, 0.25) is 5.60 Å². The average Bonchev–Trinajstić information content (AvgIpc) is 2.89. The number of rotatable bonds is 6. The fourth-order valence-corrected chi connectivity index (χ4v) is 4.13. The Labute approximate surface area is 145 Å². The number of hydrogen-bond acceptors (Lipinski definition) is 5. The van der Waals surface area contributed by atoms with Crippen molar-refractivity contribution in [2.75, 3.05) is 6.61 Å². The second-order valence-corrected chi connectivity index (χ2v) is 7.21. The SMILES string of the molecule is O=C1O[C@H]2C[C@@H](Sc3ccccc3)O[C@@]12COCc1ccccc1. The van der Waals surface area contributed by atoms with E-state index in [9.17, 15) is 4.79 Å². The van der Waals surface area contributed by atoms with Crippen LogP contribution in [0.4, 0.5) is 0 Å². The van der Waals surface area contributed by atoms with E-state index >= 15 is 0 Å². The summed E-state index contributed by atoms with van der Waals surface area (Å²) in [7, 11) is 0. The molecule has 0 aromatic heterocycles. The molecule has 5 heteroatoms. The lowest BCUT2D eigenvalue weighted by Gasteiger charge is -2.40. The summed E-state index contributed by atoms with van der Waals surface area (Å²) in [5, 5.41) is 0. The Kier molecular flexibility index (Phi) is 4.31. The van der Waals surface area contributed by atoms with Crippen molar-refractivity contribution in [3.05, 3.63) is 66.2 Å². The van der Waals surface area contributed by atoms with Gasteiger partial charge in [-0.2, -0.15) is 0 Å². The van der Waals surface area contributed by atoms with Crippen LogP contribution < -0.4 is 0 Å². The molecule has 0 saturated carbocycles. The third kappa shape index (κ3) is 2.95. The number of carbonyl (C=O) groups excluding carboxylic acids is 1. The Bertz CT molecular complexity index is 706. The summed E-state index contributed by atoms with van der Waals surface area (Å²) in [6.45, 7) is 0.694. The highest BCUT2D eigenvalue weighted by atomic mass is 32.2. The van der Waals surface area contributed by atoms with Gasteiger partial charge in [-0.25, -0.2) is 4.79 Å². The van der Waals surface area contributed by atoms with Crippen LogP contribution in [0.1, 0.15) is 12.0 Å². The van der Waals surface area contributed by atoms with Crippen LogP contribution in [0.3, 0.4) is 0 Å². The zero-order valence-electron chi connectivity index (χ0n) is 13.1. The van der Waals surface area contributed by atoms with Gasteiger partial charge in [-0.1, -0.05) is 60.3 Å². The number of esters is 1. The molecule has 2 heterocycles. The summed E-state index contributed by atoms with van der Waals surface area (Å²) in [6.07, 6.45) is 0.488. The smallest absolute Gasteiger partial charge is 0.345 e. The predicted molar refractivity (Wildman–Crippen MR) is 90.5 cm³/mol. The third-order valence-electron chi connectivity index (χ3n) is 4.30. The molecule has 2 aromatic rings. The van der Waals surface area contributed by atoms with Gasteiger partial charge in [0.05, 0.1) is 13.2 Å². The first-order chi connectivity index (χ1) is 11.8. The number of hydrogen-bond donors (Lipinski definition) is 0. The zero-order valence-corrected chi connectivity index (χ0v) is 13.9. The first-order valence-electron chi connectivity index (χ1n) is 7.98. The molecule has 124 valence electrons. The third-order valence-corrected chi connectivity index (χ3v) is 5.40. The van der Waals surface area contributed by atoms with Crippen LogP contribution in [0.2, 0.25) is 0 Å². The van der Waals surface area contributed by atoms with Gasteiger partial charge in [-0.15, -0.1) is 0 Å². The Hall–Kier alpha value is -1.82. The van der Waals surface area contributed by atoms with Gasteiger partial charge in [-0.05, 0) is 17.7 Å². The van der Waals surface area contributed by atoms with E-state index in [1.165, 1.54) is 0 Å². The molecule has 3 atom stereocenters. The lowest BCUT2D eigenvalue weighted by atomic mass is 9.92. The molecule has 4 rings (SSSR count). The Morgan fingerprint density at radius 2 is 1.79 bits per heavy atom. The summed E-state index contributed by atoms with van der Waals surface area (Å²) >= 11 is 1.62. The Balaban J connectivity index is 1.37. The van der Waals surface area contributed by atoms with Crippen molar-refractivity contribution >= 4 is 17.7 Å². The Morgan fingerprint density at radius 1 is 1.08 bits per heavy atom. The van der Waals surface area contributed by atoms with E-state index in [1.807, 2.05) is 60.7 Å². The molecule has 0 amide bonds. The van der Waals surface area contributed by atoms with E-state index in [-0.39, 0.29) is 24.1 Å². The molecule has 0 aliphatic carbocycles. The largest absolute Gasteiger partial charge is 0.456 e. The summed E-state index contributed by atoms with van der Waals surface area (Å²) in [5.41, 5.74) is 0.0526. The molecular formula is C19H18O4S. The van der Waals surface area contributed by atoms with E-state index in [2.05, 4.69) is 0 Å². The molecule has 4 nitrogen and oxygen atoms in total. The summed E-state index contributed by atoms with van der Waals surface area (Å²) in [6, 6.07) is 19.9. The minimum atomic E-state index is -0.929. The second-order valence-electron chi connectivity index (χ2n) is 5.98. The fraction of sp³-hybridized carbons (Fsp3) is 0.316. The van der Waals surface area contributed by atoms with Gasteiger partial charge >= 0.3 is 5.97 Å². The minimum Gasteiger partial charge on any atom is -0.456 e. The summed E-state index contributed by atoms with van der Waals surface area (Å²) in [5.74, 6) is -0.309. The summed E-state index contributed by atoms with van der Waals surface area (Å²) < 4.78 is 17.1. The quantitative estimate of drug-likeness (QED) is 0.753. The maximum Gasteiger partial charge on any atom is 0.345 e. The number of fused-ring (bicyclic) bond motifs is 1. The molecular weight excluding hydrogens is 324 g/mol. The first kappa shape index (κ1) is 15.7. The number of carbonyl (C=O) groups is 1. The monoisotopic (exact) mass is 342 g/mol. The van der Waals surface area contributed by atoms with E-state index in [4.69, 9.17) is 14.2 Å². The van der Waals surface area contributed by atoms with Crippen LogP contribution in [0.15, 0.2) is 65.6 Å². The van der Waals surface area contributed by atoms with Crippen LogP contribution in [0.5, 0.6) is 0 Å². The second kappa shape index (κ2) is 6.59. The standard InChI is InChI=1S/C19H18O4S/c20-18-19(13-21-12-14-7-3-1-4-8-14)16(22-18)11-17(23-19)24-15-9-5-2-6-10-15/h1-10,16-17H,11-13H2/t16-,17+,19+/m0/s1. The molecule has 24 heavy (non-hydrogen) atoms. The van der Waals surface area contributed by atoms with Crippen LogP contribution >= 0.6 is 11.8 Å². The zero-order chi connectivity index (χ0) is 16.4. The minimum absolute atomic E-state index is 0.0934. The van der Waals surface area contributed by atoms with Crippen LogP contribution in [-0.4, -0.2) is 29.7 Å². The molecule has 0 spiro atoms. The first-order valence-corrected chi connectivity index (χ1v) is 8.86. The number of thioether (sulfide) groups is 1. The molecule has 2 saturated heterocycles. The molecule has 2 aliphatic heterocycles. The molecule has 2 aromatic carbocycles. The van der Waals surface area contributed by atoms with E-state index in [0.29, 0.717) is 13.0 Å². The van der Waals surface area contributed by atoms with Crippen molar-refractivity contribution in [2.24, 2.45) is 0 Å². The lowest BCUT2D eigenvalue weighted by Crippen LogP contribution is -2.63. The summed E-state index contributed by atoms with van der Waals surface area (Å²) in [4.78, 5) is 13.2. The highest BCUT2D eigenvalue weighted by Gasteiger charge is 2.65. The maximum absolute atomic E-state index is 12.0. The van der Waals surface area contributed by atoms with Gasteiger partial charge in [0.25, 0.3) is 0 Å². The van der Waals surface area contributed by atoms with Crippen molar-refractivity contribution in [1.82, 2.24) is 0 Å². The van der Waals surface area contributed by atoms with Crippen LogP contribution in [-0.2, 0) is 25.6 Å². The Morgan fingerprint density at radius 3 is 2.50 bits per heavy atom. The number of ether oxygens (including phenoxy) is 3. The molecule has 0 bridgehead atoms. The van der Waals surface area contributed by atoms with Crippen LogP contribution in [0.25, 0.3) is 0 Å². The molecule has 2 fully saturated rings. The van der Waals surface area contributed by atoms with Crippen molar-refractivity contribution in [1.29, 1.82) is 0 Å². The van der Waals surface area contributed by atoms with Gasteiger partial charge in [0.15, 0.2) is 0 Å². The van der Waals surface area contributed by atoms with Gasteiger partial charge in [0, 0.05) is 11.3 Å².